The predicted molar refractivity (Wildman–Crippen MR) is 66.4 cm³/mol. The third-order valence-electron chi connectivity index (χ3n) is 3.74. The van der Waals surface area contributed by atoms with Gasteiger partial charge < -0.3 is 15.3 Å². The van der Waals surface area contributed by atoms with Gasteiger partial charge in [-0.05, 0) is 19.4 Å². The molecule has 6 heteroatoms. The van der Waals surface area contributed by atoms with Gasteiger partial charge in [0, 0.05) is 32.2 Å². The van der Waals surface area contributed by atoms with Gasteiger partial charge in [-0.25, -0.2) is 4.79 Å². The van der Waals surface area contributed by atoms with Gasteiger partial charge in [0.2, 0.25) is 0 Å². The van der Waals surface area contributed by atoms with Crippen LogP contribution in [0.15, 0.2) is 0 Å². The molecule has 0 spiro atoms. The number of amides is 2. The van der Waals surface area contributed by atoms with Gasteiger partial charge in [0.05, 0.1) is 6.42 Å². The second-order valence-electron chi connectivity index (χ2n) is 5.01. The lowest BCUT2D eigenvalue weighted by Crippen LogP contribution is -2.58. The number of hydrogen-bond acceptors (Lipinski definition) is 3. The highest BCUT2D eigenvalue weighted by molar-refractivity contribution is 5.75. The summed E-state index contributed by atoms with van der Waals surface area (Å²) in [5, 5.41) is 11.2. The molecule has 1 atom stereocenters. The van der Waals surface area contributed by atoms with Crippen LogP contribution in [-0.4, -0.2) is 65.7 Å². The zero-order valence-corrected chi connectivity index (χ0v) is 10.6. The second kappa shape index (κ2) is 6.04. The van der Waals surface area contributed by atoms with Crippen molar-refractivity contribution < 1.29 is 14.7 Å². The summed E-state index contributed by atoms with van der Waals surface area (Å²) < 4.78 is 0. The minimum Gasteiger partial charge on any atom is -0.481 e. The van der Waals surface area contributed by atoms with E-state index in [0.717, 1.165) is 26.2 Å². The van der Waals surface area contributed by atoms with Gasteiger partial charge in [0.25, 0.3) is 0 Å². The molecule has 2 aliphatic rings. The predicted octanol–water partition coefficient (Wildman–Crippen LogP) is 0.341. The van der Waals surface area contributed by atoms with Crippen LogP contribution in [0.4, 0.5) is 4.79 Å². The first-order valence-corrected chi connectivity index (χ1v) is 6.65. The molecule has 2 N–H and O–H groups in total. The zero-order valence-electron chi connectivity index (χ0n) is 10.6. The van der Waals surface area contributed by atoms with Crippen LogP contribution in [-0.2, 0) is 4.79 Å². The zero-order chi connectivity index (χ0) is 13.0. The molecule has 0 bridgehead atoms. The molecule has 1 unspecified atom stereocenters. The van der Waals surface area contributed by atoms with Gasteiger partial charge in [-0.15, -0.1) is 0 Å². The number of piperazine rings is 1. The number of carbonyl (C=O) groups is 2. The molecule has 0 aromatic heterocycles. The lowest BCUT2D eigenvalue weighted by atomic mass is 10.00. The Hall–Kier alpha value is -1.30. The van der Waals surface area contributed by atoms with Crippen molar-refractivity contribution in [3.8, 4) is 0 Å². The molecule has 18 heavy (non-hydrogen) atoms. The first-order valence-electron chi connectivity index (χ1n) is 6.65. The smallest absolute Gasteiger partial charge is 0.317 e. The highest BCUT2D eigenvalue weighted by Crippen LogP contribution is 2.20. The average Bonchev–Trinajstić information content (AvgIpc) is 2.37. The molecular weight excluding hydrogens is 234 g/mol. The van der Waals surface area contributed by atoms with Gasteiger partial charge in [0.15, 0.2) is 0 Å². The molecule has 2 rings (SSSR count). The Morgan fingerprint density at radius 1 is 1.22 bits per heavy atom. The number of carboxylic acid groups (broad SMARTS) is 1. The van der Waals surface area contributed by atoms with Gasteiger partial charge in [-0.3, -0.25) is 9.69 Å². The van der Waals surface area contributed by atoms with Crippen molar-refractivity contribution in [2.24, 2.45) is 0 Å². The van der Waals surface area contributed by atoms with Gasteiger partial charge in [-0.2, -0.15) is 0 Å². The maximum Gasteiger partial charge on any atom is 0.317 e. The fourth-order valence-electron chi connectivity index (χ4n) is 2.73. The molecular formula is C12H21N3O3. The summed E-state index contributed by atoms with van der Waals surface area (Å²) in [4.78, 5) is 26.5. The van der Waals surface area contributed by atoms with Crippen molar-refractivity contribution in [2.75, 3.05) is 32.7 Å². The Bertz CT molecular complexity index is 322. The largest absolute Gasteiger partial charge is 0.481 e. The topological polar surface area (TPSA) is 72.9 Å². The van der Waals surface area contributed by atoms with E-state index in [1.165, 1.54) is 19.3 Å². The third kappa shape index (κ3) is 3.35. The van der Waals surface area contributed by atoms with Gasteiger partial charge in [-0.1, -0.05) is 6.42 Å². The molecule has 0 radical (unpaired) electrons. The van der Waals surface area contributed by atoms with E-state index in [-0.39, 0.29) is 19.0 Å². The number of hydrogen-bond donors (Lipinski definition) is 2. The van der Waals surface area contributed by atoms with E-state index in [9.17, 15) is 9.59 Å². The molecule has 102 valence electrons. The van der Waals surface area contributed by atoms with Crippen molar-refractivity contribution in [1.82, 2.24) is 15.1 Å². The van der Waals surface area contributed by atoms with E-state index in [0.29, 0.717) is 6.04 Å². The summed E-state index contributed by atoms with van der Waals surface area (Å²) in [6, 6.07) is 0.374. The molecule has 0 aromatic carbocycles. The molecule has 6 nitrogen and oxygen atoms in total. The molecule has 0 saturated carbocycles. The first kappa shape index (κ1) is 13.1. The molecule has 2 aliphatic heterocycles. The van der Waals surface area contributed by atoms with Crippen LogP contribution in [0, 0.1) is 0 Å². The monoisotopic (exact) mass is 255 g/mol. The number of piperidine rings is 1. The van der Waals surface area contributed by atoms with Crippen LogP contribution >= 0.6 is 0 Å². The summed E-state index contributed by atoms with van der Waals surface area (Å²) in [5.41, 5.74) is 0. The Kier molecular flexibility index (Phi) is 4.41. The number of nitrogens with zero attached hydrogens (tertiary/aromatic N) is 2. The van der Waals surface area contributed by atoms with E-state index in [1.807, 2.05) is 4.90 Å². The minimum absolute atomic E-state index is 0.0187. The highest BCUT2D eigenvalue weighted by atomic mass is 16.4. The van der Waals surface area contributed by atoms with Crippen molar-refractivity contribution in [2.45, 2.75) is 31.7 Å². The normalized spacial score (nSPS) is 24.4. The summed E-state index contributed by atoms with van der Waals surface area (Å²) in [5.74, 6) is -0.882. The van der Waals surface area contributed by atoms with Gasteiger partial charge in [0.1, 0.15) is 0 Å². The second-order valence-corrected chi connectivity index (χ2v) is 5.01. The summed E-state index contributed by atoms with van der Waals surface area (Å²) >= 11 is 0. The van der Waals surface area contributed by atoms with Crippen molar-refractivity contribution >= 4 is 12.0 Å². The van der Waals surface area contributed by atoms with Crippen LogP contribution in [0.5, 0.6) is 0 Å². The van der Waals surface area contributed by atoms with E-state index in [2.05, 4.69) is 10.2 Å². The van der Waals surface area contributed by atoms with Crippen molar-refractivity contribution in [3.63, 3.8) is 0 Å². The lowest BCUT2D eigenvalue weighted by Gasteiger charge is -2.43. The Balaban J connectivity index is 1.75. The minimum atomic E-state index is -0.882. The van der Waals surface area contributed by atoms with Crippen LogP contribution in [0.3, 0.4) is 0 Å². The van der Waals surface area contributed by atoms with Crippen LogP contribution in [0.25, 0.3) is 0 Å². The SMILES string of the molecule is O=C(O)CCNC(=O)N1CCN2CCCCC2C1. The van der Waals surface area contributed by atoms with Crippen LogP contribution < -0.4 is 5.32 Å². The van der Waals surface area contributed by atoms with E-state index < -0.39 is 5.97 Å². The number of fused-ring (bicyclic) bond motifs is 1. The number of carboxylic acids is 1. The number of carbonyl (C=O) groups excluding carboxylic acids is 1. The first-order chi connectivity index (χ1) is 8.66. The van der Waals surface area contributed by atoms with E-state index >= 15 is 0 Å². The van der Waals surface area contributed by atoms with E-state index in [4.69, 9.17) is 5.11 Å². The number of nitrogens with one attached hydrogen (secondary N) is 1. The molecule has 2 amide bonds. The Morgan fingerprint density at radius 3 is 2.83 bits per heavy atom. The Morgan fingerprint density at radius 2 is 2.06 bits per heavy atom. The summed E-state index contributed by atoms with van der Waals surface area (Å²) in [6.45, 7) is 3.82. The lowest BCUT2D eigenvalue weighted by molar-refractivity contribution is -0.136. The fraction of sp³-hybridized carbons (Fsp3) is 0.833. The molecule has 0 aliphatic carbocycles. The average molecular weight is 255 g/mol. The summed E-state index contributed by atoms with van der Waals surface area (Å²) in [7, 11) is 0. The molecule has 2 saturated heterocycles. The third-order valence-corrected chi connectivity index (χ3v) is 3.74. The number of rotatable bonds is 3. The van der Waals surface area contributed by atoms with Crippen molar-refractivity contribution in [1.29, 1.82) is 0 Å². The fourth-order valence-corrected chi connectivity index (χ4v) is 2.73. The number of urea groups is 1. The quantitative estimate of drug-likeness (QED) is 0.763. The van der Waals surface area contributed by atoms with Gasteiger partial charge >= 0.3 is 12.0 Å². The molecule has 2 heterocycles. The van der Waals surface area contributed by atoms with Crippen LogP contribution in [0.2, 0.25) is 0 Å². The maximum absolute atomic E-state index is 11.9. The van der Waals surface area contributed by atoms with E-state index in [1.54, 1.807) is 0 Å². The highest BCUT2D eigenvalue weighted by Gasteiger charge is 2.30. The summed E-state index contributed by atoms with van der Waals surface area (Å²) in [6.07, 6.45) is 3.66. The number of aliphatic carboxylic acids is 1. The standard InChI is InChI=1S/C12H21N3O3/c16-11(17)4-5-13-12(18)15-8-7-14-6-2-1-3-10(14)9-15/h10H,1-9H2,(H,13,18)(H,16,17). The molecule has 2 fully saturated rings. The Labute approximate surface area is 107 Å². The van der Waals surface area contributed by atoms with Crippen LogP contribution in [0.1, 0.15) is 25.7 Å². The maximum atomic E-state index is 11.9. The molecule has 0 aromatic rings. The van der Waals surface area contributed by atoms with Crippen molar-refractivity contribution in [3.05, 3.63) is 0 Å².